The minimum atomic E-state index is 0.635. The van der Waals surface area contributed by atoms with Gasteiger partial charge in [0.25, 0.3) is 0 Å². The number of nitrogens with zero attached hydrogens (tertiary/aromatic N) is 2. The first-order valence-corrected chi connectivity index (χ1v) is 4.29. The van der Waals surface area contributed by atoms with Crippen LogP contribution in [0, 0.1) is 7.53 Å². The topological polar surface area (TPSA) is 51.8 Å². The highest BCUT2D eigenvalue weighted by Gasteiger charge is 1.95. The van der Waals surface area contributed by atoms with Crippen molar-refractivity contribution in [2.45, 2.75) is 0 Å². The second-order valence-corrected chi connectivity index (χ2v) is 3.37. The zero-order valence-electron chi connectivity index (χ0n) is 4.31. The summed E-state index contributed by atoms with van der Waals surface area (Å²) in [5.74, 6) is 0. The van der Waals surface area contributed by atoms with Crippen LogP contribution in [-0.2, 0) is 0 Å². The van der Waals surface area contributed by atoms with Crippen LogP contribution in [-0.4, -0.2) is 9.97 Å². The fourth-order valence-corrected chi connectivity index (χ4v) is 1.56. The Balaban J connectivity index is 3.17. The van der Waals surface area contributed by atoms with Gasteiger partial charge in [0.1, 0.15) is 3.70 Å². The van der Waals surface area contributed by atoms with E-state index in [0.29, 0.717) is 5.69 Å². The summed E-state index contributed by atoms with van der Waals surface area (Å²) in [5, 5.41) is 0. The molecule has 48 valence electrons. The average Bonchev–Trinajstić information content (AvgIpc) is 1.80. The quantitative estimate of drug-likeness (QED) is 0.437. The molecule has 0 saturated carbocycles. The van der Waals surface area contributed by atoms with Crippen molar-refractivity contribution in [2.24, 2.45) is 0 Å². The largest absolute Gasteiger partial charge is 0.395 e. The Morgan fingerprint density at radius 1 is 1.44 bits per heavy atom. The van der Waals surface area contributed by atoms with Crippen molar-refractivity contribution in [3.05, 3.63) is 13.7 Å². The van der Waals surface area contributed by atoms with Gasteiger partial charge in [0, 0.05) is 22.6 Å². The van der Waals surface area contributed by atoms with Crippen molar-refractivity contribution in [2.75, 3.05) is 5.73 Å². The number of halogens is 2. The maximum Gasteiger partial charge on any atom is 0.191 e. The Morgan fingerprint density at radius 3 is 2.56 bits per heavy atom. The predicted molar refractivity (Wildman–Crippen MR) is 51.9 cm³/mol. The van der Waals surface area contributed by atoms with Crippen LogP contribution in [0.25, 0.3) is 0 Å². The molecule has 0 aliphatic carbocycles. The summed E-state index contributed by atoms with van der Waals surface area (Å²) >= 11 is 4.11. The van der Waals surface area contributed by atoms with Crippen molar-refractivity contribution in [1.82, 2.24) is 9.97 Å². The summed E-state index contributed by atoms with van der Waals surface area (Å²) in [5.41, 5.74) is 6.09. The Morgan fingerprint density at radius 2 is 2.11 bits per heavy atom. The van der Waals surface area contributed by atoms with E-state index in [0.717, 1.165) is 7.53 Å². The number of nitrogen functional groups attached to an aromatic ring is 1. The molecule has 3 nitrogen and oxygen atoms in total. The van der Waals surface area contributed by atoms with E-state index in [2.05, 4.69) is 32.6 Å². The van der Waals surface area contributed by atoms with E-state index in [1.54, 1.807) is 6.20 Å². The van der Waals surface area contributed by atoms with Crippen molar-refractivity contribution in [3.63, 3.8) is 0 Å². The lowest BCUT2D eigenvalue weighted by Crippen LogP contribution is -1.96. The molecule has 1 heterocycles. The molecule has 0 amide bonds. The van der Waals surface area contributed by atoms with Gasteiger partial charge in [-0.05, 0) is 22.6 Å². The van der Waals surface area contributed by atoms with Crippen molar-refractivity contribution >= 4 is 50.9 Å². The predicted octanol–water partition coefficient (Wildman–Crippen LogP) is 1.27. The number of nitrogens with two attached hydrogens (primary N) is 1. The Kier molecular flexibility index (Phi) is 2.44. The van der Waals surface area contributed by atoms with Crippen molar-refractivity contribution in [3.8, 4) is 0 Å². The van der Waals surface area contributed by atoms with Gasteiger partial charge < -0.3 is 5.73 Å². The lowest BCUT2D eigenvalue weighted by atomic mass is 10.6. The third-order valence-corrected chi connectivity index (χ3v) is 2.12. The SMILES string of the molecule is Nc1cnc(I)nc1I. The van der Waals surface area contributed by atoms with Crippen LogP contribution >= 0.6 is 45.2 Å². The molecule has 0 aliphatic rings. The minimum absolute atomic E-state index is 0.635. The van der Waals surface area contributed by atoms with Crippen LogP contribution in [0.15, 0.2) is 6.20 Å². The van der Waals surface area contributed by atoms with Gasteiger partial charge in [-0.15, -0.1) is 0 Å². The first-order valence-electron chi connectivity index (χ1n) is 2.13. The normalized spacial score (nSPS) is 9.56. The van der Waals surface area contributed by atoms with Crippen LogP contribution in [0.4, 0.5) is 5.69 Å². The maximum absolute atomic E-state index is 5.45. The van der Waals surface area contributed by atoms with E-state index >= 15 is 0 Å². The molecule has 0 saturated heterocycles. The van der Waals surface area contributed by atoms with E-state index in [9.17, 15) is 0 Å². The van der Waals surface area contributed by atoms with E-state index < -0.39 is 0 Å². The second kappa shape index (κ2) is 2.95. The second-order valence-electron chi connectivity index (χ2n) is 1.39. The molecular formula is C4H3I2N3. The van der Waals surface area contributed by atoms with Gasteiger partial charge in [-0.3, -0.25) is 0 Å². The van der Waals surface area contributed by atoms with Crippen molar-refractivity contribution < 1.29 is 0 Å². The third kappa shape index (κ3) is 1.88. The van der Waals surface area contributed by atoms with Gasteiger partial charge in [0.05, 0.1) is 11.9 Å². The van der Waals surface area contributed by atoms with Gasteiger partial charge in [-0.25, -0.2) is 9.97 Å². The first kappa shape index (κ1) is 7.45. The number of aromatic nitrogens is 2. The molecule has 0 spiro atoms. The third-order valence-electron chi connectivity index (χ3n) is 0.739. The fraction of sp³-hybridized carbons (Fsp3) is 0. The molecule has 1 aromatic heterocycles. The maximum atomic E-state index is 5.45. The summed E-state index contributed by atoms with van der Waals surface area (Å²) in [6.45, 7) is 0. The number of hydrogen-bond acceptors (Lipinski definition) is 3. The summed E-state index contributed by atoms with van der Waals surface area (Å²) in [6, 6.07) is 0. The molecule has 9 heavy (non-hydrogen) atoms. The highest BCUT2D eigenvalue weighted by molar-refractivity contribution is 14.1. The number of rotatable bonds is 0. The smallest absolute Gasteiger partial charge is 0.191 e. The summed E-state index contributed by atoms with van der Waals surface area (Å²) in [7, 11) is 0. The molecule has 0 aliphatic heterocycles. The molecule has 5 heteroatoms. The molecule has 0 radical (unpaired) electrons. The van der Waals surface area contributed by atoms with Gasteiger partial charge in [0.2, 0.25) is 0 Å². The number of hydrogen-bond donors (Lipinski definition) is 1. The lowest BCUT2D eigenvalue weighted by molar-refractivity contribution is 1.08. The Labute approximate surface area is 79.7 Å². The standard InChI is InChI=1S/C4H3I2N3/c5-3-2(7)1-8-4(6)9-3/h1H,7H2. The molecule has 0 fully saturated rings. The van der Waals surface area contributed by atoms with Crippen LogP contribution in [0.2, 0.25) is 0 Å². The number of anilines is 1. The lowest BCUT2D eigenvalue weighted by Gasteiger charge is -1.93. The molecule has 0 bridgehead atoms. The molecule has 0 aromatic carbocycles. The molecule has 0 unspecified atom stereocenters. The van der Waals surface area contributed by atoms with Gasteiger partial charge >= 0.3 is 0 Å². The summed E-state index contributed by atoms with van der Waals surface area (Å²) in [6.07, 6.45) is 1.61. The van der Waals surface area contributed by atoms with E-state index in [1.165, 1.54) is 0 Å². The molecular weight excluding hydrogens is 344 g/mol. The monoisotopic (exact) mass is 347 g/mol. The minimum Gasteiger partial charge on any atom is -0.395 e. The Hall–Kier alpha value is 0.340. The summed E-state index contributed by atoms with van der Waals surface area (Å²) < 4.78 is 1.54. The van der Waals surface area contributed by atoms with Crippen LogP contribution in [0.3, 0.4) is 0 Å². The van der Waals surface area contributed by atoms with E-state index in [1.807, 2.05) is 22.6 Å². The highest BCUT2D eigenvalue weighted by Crippen LogP contribution is 2.10. The zero-order valence-corrected chi connectivity index (χ0v) is 8.62. The summed E-state index contributed by atoms with van der Waals surface area (Å²) in [4.78, 5) is 7.90. The van der Waals surface area contributed by atoms with E-state index in [-0.39, 0.29) is 0 Å². The van der Waals surface area contributed by atoms with Crippen LogP contribution in [0.1, 0.15) is 0 Å². The van der Waals surface area contributed by atoms with Crippen LogP contribution < -0.4 is 5.73 Å². The highest BCUT2D eigenvalue weighted by atomic mass is 127. The fourth-order valence-electron chi connectivity index (χ4n) is 0.350. The van der Waals surface area contributed by atoms with Crippen LogP contribution in [0.5, 0.6) is 0 Å². The zero-order chi connectivity index (χ0) is 6.85. The average molecular weight is 347 g/mol. The molecule has 1 rings (SSSR count). The molecule has 1 aromatic rings. The molecule has 2 N–H and O–H groups in total. The van der Waals surface area contributed by atoms with Gasteiger partial charge in [-0.1, -0.05) is 0 Å². The Bertz CT molecular complexity index is 225. The van der Waals surface area contributed by atoms with Crippen molar-refractivity contribution in [1.29, 1.82) is 0 Å². The van der Waals surface area contributed by atoms with E-state index in [4.69, 9.17) is 5.73 Å². The molecule has 0 atom stereocenters. The van der Waals surface area contributed by atoms with Gasteiger partial charge in [-0.2, -0.15) is 0 Å². The first-order chi connectivity index (χ1) is 4.20. The van der Waals surface area contributed by atoms with Gasteiger partial charge in [0.15, 0.2) is 3.83 Å².